The van der Waals surface area contributed by atoms with Gasteiger partial charge in [0.15, 0.2) is 11.5 Å². The molecule has 23 heavy (non-hydrogen) atoms. The average Bonchev–Trinajstić information content (AvgIpc) is 2.51. The molecule has 0 saturated carbocycles. The Morgan fingerprint density at radius 2 is 1.78 bits per heavy atom. The highest BCUT2D eigenvalue weighted by molar-refractivity contribution is 5.75. The SMILES string of the molecule is COc1cc2c(cc1OC)[C@@](C)(COC(C)=O)N(C(C)=O)CC2. The average molecular weight is 321 g/mol. The van der Waals surface area contributed by atoms with E-state index in [1.807, 2.05) is 19.1 Å². The Kier molecular flexibility index (Phi) is 4.82. The standard InChI is InChI=1S/C17H23NO5/c1-11(19)18-7-6-13-8-15(21-4)16(22-5)9-14(13)17(18,3)10-23-12(2)20/h8-9H,6-7,10H2,1-5H3/t17-/m1/s1. The van der Waals surface area contributed by atoms with Crippen LogP contribution in [0, 0.1) is 0 Å². The van der Waals surface area contributed by atoms with Gasteiger partial charge in [-0.3, -0.25) is 9.59 Å². The number of carbonyl (C=O) groups excluding carboxylic acids is 2. The van der Waals surface area contributed by atoms with Crippen LogP contribution in [0.15, 0.2) is 12.1 Å². The monoisotopic (exact) mass is 321 g/mol. The first-order valence-corrected chi connectivity index (χ1v) is 7.50. The van der Waals surface area contributed by atoms with Crippen LogP contribution >= 0.6 is 0 Å². The zero-order valence-electron chi connectivity index (χ0n) is 14.3. The van der Waals surface area contributed by atoms with Gasteiger partial charge in [-0.25, -0.2) is 0 Å². The number of ether oxygens (including phenoxy) is 3. The van der Waals surface area contributed by atoms with Crippen molar-refractivity contribution in [2.24, 2.45) is 0 Å². The fourth-order valence-electron chi connectivity index (χ4n) is 3.16. The first kappa shape index (κ1) is 17.1. The summed E-state index contributed by atoms with van der Waals surface area (Å²) in [5, 5.41) is 0. The number of nitrogens with zero attached hydrogens (tertiary/aromatic N) is 1. The largest absolute Gasteiger partial charge is 0.493 e. The molecule has 1 heterocycles. The molecule has 2 rings (SSSR count). The van der Waals surface area contributed by atoms with Crippen LogP contribution in [0.25, 0.3) is 0 Å². The number of methoxy groups -OCH3 is 2. The summed E-state index contributed by atoms with van der Waals surface area (Å²) in [6.07, 6.45) is 0.713. The summed E-state index contributed by atoms with van der Waals surface area (Å²) in [5.74, 6) is 0.811. The number of amides is 1. The van der Waals surface area contributed by atoms with Gasteiger partial charge >= 0.3 is 5.97 Å². The van der Waals surface area contributed by atoms with Crippen molar-refractivity contribution in [1.82, 2.24) is 4.90 Å². The first-order chi connectivity index (χ1) is 10.8. The van der Waals surface area contributed by atoms with Crippen molar-refractivity contribution < 1.29 is 23.8 Å². The third-order valence-corrected chi connectivity index (χ3v) is 4.33. The molecule has 1 aromatic rings. The van der Waals surface area contributed by atoms with Gasteiger partial charge in [-0.15, -0.1) is 0 Å². The number of hydrogen-bond donors (Lipinski definition) is 0. The summed E-state index contributed by atoms with van der Waals surface area (Å²) < 4.78 is 16.0. The zero-order valence-corrected chi connectivity index (χ0v) is 14.3. The molecule has 1 aromatic carbocycles. The molecule has 1 amide bonds. The van der Waals surface area contributed by atoms with Crippen LogP contribution in [-0.2, 0) is 26.3 Å². The molecule has 1 aliphatic rings. The van der Waals surface area contributed by atoms with E-state index in [1.165, 1.54) is 13.8 Å². The molecule has 126 valence electrons. The van der Waals surface area contributed by atoms with Crippen LogP contribution in [0.4, 0.5) is 0 Å². The number of hydrogen-bond acceptors (Lipinski definition) is 5. The summed E-state index contributed by atoms with van der Waals surface area (Å²) in [4.78, 5) is 25.1. The maximum atomic E-state index is 12.1. The van der Waals surface area contributed by atoms with Crippen LogP contribution in [0.5, 0.6) is 11.5 Å². The maximum absolute atomic E-state index is 12.1. The van der Waals surface area contributed by atoms with Crippen LogP contribution in [0.3, 0.4) is 0 Å². The van der Waals surface area contributed by atoms with Gasteiger partial charge in [0.1, 0.15) is 6.61 Å². The Labute approximate surface area is 136 Å². The van der Waals surface area contributed by atoms with Crippen molar-refractivity contribution >= 4 is 11.9 Å². The van der Waals surface area contributed by atoms with Crippen molar-refractivity contribution in [3.8, 4) is 11.5 Å². The molecule has 0 radical (unpaired) electrons. The van der Waals surface area contributed by atoms with Gasteiger partial charge in [0.25, 0.3) is 0 Å². The highest BCUT2D eigenvalue weighted by Crippen LogP contribution is 2.41. The van der Waals surface area contributed by atoms with E-state index in [9.17, 15) is 9.59 Å². The number of rotatable bonds is 4. The van der Waals surface area contributed by atoms with E-state index in [-0.39, 0.29) is 18.5 Å². The minimum Gasteiger partial charge on any atom is -0.493 e. The van der Waals surface area contributed by atoms with Crippen LogP contribution in [0.1, 0.15) is 31.9 Å². The van der Waals surface area contributed by atoms with E-state index in [2.05, 4.69) is 0 Å². The van der Waals surface area contributed by atoms with Gasteiger partial charge in [-0.05, 0) is 36.6 Å². The fraction of sp³-hybridized carbons (Fsp3) is 0.529. The topological polar surface area (TPSA) is 65.1 Å². The second-order valence-corrected chi connectivity index (χ2v) is 5.84. The number of carbonyl (C=O) groups is 2. The van der Waals surface area contributed by atoms with E-state index < -0.39 is 5.54 Å². The van der Waals surface area contributed by atoms with Crippen molar-refractivity contribution in [3.63, 3.8) is 0 Å². The van der Waals surface area contributed by atoms with Crippen LogP contribution < -0.4 is 9.47 Å². The van der Waals surface area contributed by atoms with Gasteiger partial charge in [-0.2, -0.15) is 0 Å². The Hall–Kier alpha value is -2.24. The molecule has 1 atom stereocenters. The minimum atomic E-state index is -0.732. The van der Waals surface area contributed by atoms with Crippen molar-refractivity contribution in [2.45, 2.75) is 32.7 Å². The summed E-state index contributed by atoms with van der Waals surface area (Å²) in [6.45, 7) is 5.46. The summed E-state index contributed by atoms with van der Waals surface area (Å²) >= 11 is 0. The Morgan fingerprint density at radius 1 is 1.17 bits per heavy atom. The van der Waals surface area contributed by atoms with Gasteiger partial charge in [0.05, 0.1) is 19.8 Å². The van der Waals surface area contributed by atoms with E-state index in [0.29, 0.717) is 24.5 Å². The summed E-state index contributed by atoms with van der Waals surface area (Å²) in [5.41, 5.74) is 1.25. The molecule has 1 aliphatic heterocycles. The van der Waals surface area contributed by atoms with Crippen molar-refractivity contribution in [3.05, 3.63) is 23.3 Å². The van der Waals surface area contributed by atoms with E-state index in [4.69, 9.17) is 14.2 Å². The third-order valence-electron chi connectivity index (χ3n) is 4.33. The fourth-order valence-corrected chi connectivity index (χ4v) is 3.16. The smallest absolute Gasteiger partial charge is 0.302 e. The predicted molar refractivity (Wildman–Crippen MR) is 84.6 cm³/mol. The van der Waals surface area contributed by atoms with E-state index in [1.54, 1.807) is 19.1 Å². The molecular weight excluding hydrogens is 298 g/mol. The lowest BCUT2D eigenvalue weighted by Gasteiger charge is -2.45. The molecule has 0 saturated heterocycles. The Balaban J connectivity index is 2.56. The van der Waals surface area contributed by atoms with Gasteiger partial charge in [0.2, 0.25) is 5.91 Å². The van der Waals surface area contributed by atoms with Gasteiger partial charge in [0, 0.05) is 20.4 Å². The quantitative estimate of drug-likeness (QED) is 0.792. The lowest BCUT2D eigenvalue weighted by atomic mass is 9.82. The molecule has 0 spiro atoms. The normalized spacial score (nSPS) is 19.8. The Morgan fingerprint density at radius 3 is 2.30 bits per heavy atom. The molecule has 0 unspecified atom stereocenters. The molecule has 0 fully saturated rings. The number of benzene rings is 1. The third kappa shape index (κ3) is 3.11. The second kappa shape index (κ2) is 6.48. The van der Waals surface area contributed by atoms with Crippen molar-refractivity contribution in [1.29, 1.82) is 0 Å². The summed E-state index contributed by atoms with van der Waals surface area (Å²) in [6, 6.07) is 3.80. The highest BCUT2D eigenvalue weighted by atomic mass is 16.5. The molecule has 6 heteroatoms. The number of esters is 1. The highest BCUT2D eigenvalue weighted by Gasteiger charge is 2.42. The number of fused-ring (bicyclic) bond motifs is 1. The molecule has 0 aromatic heterocycles. The van der Waals surface area contributed by atoms with Crippen molar-refractivity contribution in [2.75, 3.05) is 27.4 Å². The van der Waals surface area contributed by atoms with Crippen LogP contribution in [0.2, 0.25) is 0 Å². The second-order valence-electron chi connectivity index (χ2n) is 5.84. The first-order valence-electron chi connectivity index (χ1n) is 7.50. The predicted octanol–water partition coefficient (Wildman–Crippen LogP) is 1.89. The van der Waals surface area contributed by atoms with E-state index >= 15 is 0 Å². The van der Waals surface area contributed by atoms with Gasteiger partial charge in [-0.1, -0.05) is 0 Å². The Bertz CT molecular complexity index is 628. The minimum absolute atomic E-state index is 0.0555. The molecular formula is C17H23NO5. The molecule has 0 N–H and O–H groups in total. The molecule has 0 aliphatic carbocycles. The lowest BCUT2D eigenvalue weighted by molar-refractivity contribution is -0.151. The maximum Gasteiger partial charge on any atom is 0.302 e. The molecule has 6 nitrogen and oxygen atoms in total. The zero-order chi connectivity index (χ0) is 17.2. The van der Waals surface area contributed by atoms with Crippen LogP contribution in [-0.4, -0.2) is 44.1 Å². The van der Waals surface area contributed by atoms with Gasteiger partial charge < -0.3 is 19.1 Å². The molecule has 0 bridgehead atoms. The lowest BCUT2D eigenvalue weighted by Crippen LogP contribution is -2.53. The van der Waals surface area contributed by atoms with E-state index in [0.717, 1.165) is 11.1 Å². The summed E-state index contributed by atoms with van der Waals surface area (Å²) in [7, 11) is 3.16.